The van der Waals surface area contributed by atoms with Crippen molar-refractivity contribution in [3.05, 3.63) is 0 Å². The van der Waals surface area contributed by atoms with E-state index in [1.807, 2.05) is 34.6 Å². The summed E-state index contributed by atoms with van der Waals surface area (Å²) in [4.78, 5) is 0. The van der Waals surface area contributed by atoms with Crippen LogP contribution < -0.4 is 0 Å². The summed E-state index contributed by atoms with van der Waals surface area (Å²) in [6.45, 7) is 24.7. The Morgan fingerprint density at radius 2 is 0.508 bits per heavy atom. The molecule has 14 nitrogen and oxygen atoms in total. The third kappa shape index (κ3) is 48.3. The van der Waals surface area contributed by atoms with Crippen molar-refractivity contribution >= 4 is 0 Å². The number of unbranched alkanes of at least 4 members (excludes halogenated alkanes) is 10. The Balaban J connectivity index is 3.32. The Labute approximate surface area is 360 Å². The second kappa shape index (κ2) is 46.9. The minimum atomic E-state index is -0.485. The molecule has 0 fully saturated rings. The first-order valence-electron chi connectivity index (χ1n) is 23.1. The van der Waals surface area contributed by atoms with E-state index in [0.717, 1.165) is 13.0 Å². The fraction of sp³-hybridized carbons (Fsp3) is 1.00. The summed E-state index contributed by atoms with van der Waals surface area (Å²) >= 11 is 0. The third-order valence-corrected chi connectivity index (χ3v) is 8.93. The van der Waals surface area contributed by atoms with Crippen LogP contribution in [-0.2, 0) is 61.6 Å². The molecule has 0 amide bonds. The first-order valence-corrected chi connectivity index (χ1v) is 23.1. The number of rotatable bonds is 50. The summed E-state index contributed by atoms with van der Waals surface area (Å²) in [5.41, 5.74) is 0. The Morgan fingerprint density at radius 1 is 0.271 bits per heavy atom. The average Bonchev–Trinajstić information content (AvgIpc) is 3.22. The van der Waals surface area contributed by atoms with E-state index in [-0.39, 0.29) is 30.5 Å². The van der Waals surface area contributed by atoms with Crippen molar-refractivity contribution in [3.8, 4) is 0 Å². The maximum absolute atomic E-state index is 9.31. The number of aliphatic hydroxyl groups is 1. The molecule has 14 heteroatoms. The number of hydrogen-bond donors (Lipinski definition) is 1. The van der Waals surface area contributed by atoms with Crippen molar-refractivity contribution in [2.75, 3.05) is 139 Å². The molecule has 0 heterocycles. The SMILES string of the molecule is CCCCCCCCCCCCCOCCOCCOCCOCCOCCOCCOCCOCC(C)OCC(C)OCC(C)OCC(C)OCC(C)OCC(C)O. The smallest absolute Gasteiger partial charge is 0.0781 e. The van der Waals surface area contributed by atoms with Crippen molar-refractivity contribution in [3.63, 3.8) is 0 Å². The molecule has 0 spiro atoms. The summed E-state index contributed by atoms with van der Waals surface area (Å²) < 4.78 is 73.5. The van der Waals surface area contributed by atoms with E-state index < -0.39 is 6.10 Å². The van der Waals surface area contributed by atoms with Gasteiger partial charge in [0.2, 0.25) is 0 Å². The molecule has 0 bridgehead atoms. The molecule has 0 aromatic heterocycles. The topological polar surface area (TPSA) is 140 Å². The maximum atomic E-state index is 9.31. The molecule has 59 heavy (non-hydrogen) atoms. The van der Waals surface area contributed by atoms with Crippen LogP contribution in [0.1, 0.15) is 119 Å². The van der Waals surface area contributed by atoms with Crippen LogP contribution in [0.4, 0.5) is 0 Å². The van der Waals surface area contributed by atoms with Crippen LogP contribution in [0.5, 0.6) is 0 Å². The van der Waals surface area contributed by atoms with Gasteiger partial charge in [0.25, 0.3) is 0 Å². The van der Waals surface area contributed by atoms with Crippen molar-refractivity contribution in [2.45, 2.75) is 156 Å². The highest BCUT2D eigenvalue weighted by Crippen LogP contribution is 2.11. The van der Waals surface area contributed by atoms with Gasteiger partial charge >= 0.3 is 0 Å². The predicted molar refractivity (Wildman–Crippen MR) is 232 cm³/mol. The lowest BCUT2D eigenvalue weighted by Crippen LogP contribution is -2.29. The second-order valence-corrected chi connectivity index (χ2v) is 15.5. The summed E-state index contributed by atoms with van der Waals surface area (Å²) in [5, 5.41) is 9.31. The lowest BCUT2D eigenvalue weighted by Gasteiger charge is -2.22. The van der Waals surface area contributed by atoms with Crippen LogP contribution in [0.15, 0.2) is 0 Å². The highest BCUT2D eigenvalue weighted by atomic mass is 16.6. The highest BCUT2D eigenvalue weighted by molar-refractivity contribution is 4.58. The maximum Gasteiger partial charge on any atom is 0.0781 e. The second-order valence-electron chi connectivity index (χ2n) is 15.5. The number of aliphatic hydroxyl groups excluding tert-OH is 1. The number of ether oxygens (including phenoxy) is 13. The first-order chi connectivity index (χ1) is 28.7. The van der Waals surface area contributed by atoms with Gasteiger partial charge in [-0.15, -0.1) is 0 Å². The zero-order valence-corrected chi connectivity index (χ0v) is 38.8. The summed E-state index contributed by atoms with van der Waals surface area (Å²) in [6, 6.07) is 0. The van der Waals surface area contributed by atoms with Crippen LogP contribution in [0.25, 0.3) is 0 Å². The van der Waals surface area contributed by atoms with E-state index in [1.54, 1.807) is 6.92 Å². The van der Waals surface area contributed by atoms with Crippen molar-refractivity contribution in [1.29, 1.82) is 0 Å². The van der Waals surface area contributed by atoms with E-state index in [0.29, 0.717) is 132 Å². The molecule has 1 N–H and O–H groups in total. The monoisotopic (exact) mass is 857 g/mol. The van der Waals surface area contributed by atoms with Crippen LogP contribution in [0, 0.1) is 0 Å². The molecule has 0 aromatic carbocycles. The minimum absolute atomic E-state index is 0.0589. The molecule has 0 aromatic rings. The fourth-order valence-electron chi connectivity index (χ4n) is 5.40. The van der Waals surface area contributed by atoms with E-state index in [9.17, 15) is 5.11 Å². The molecule has 0 aliphatic carbocycles. The van der Waals surface area contributed by atoms with E-state index >= 15 is 0 Å². The lowest BCUT2D eigenvalue weighted by atomic mass is 10.1. The summed E-state index contributed by atoms with van der Waals surface area (Å²) in [6.07, 6.45) is 14.0. The zero-order chi connectivity index (χ0) is 43.3. The van der Waals surface area contributed by atoms with Crippen LogP contribution in [0.3, 0.4) is 0 Å². The van der Waals surface area contributed by atoms with E-state index in [4.69, 9.17) is 61.6 Å². The Morgan fingerprint density at radius 3 is 0.814 bits per heavy atom. The van der Waals surface area contributed by atoms with Crippen LogP contribution >= 0.6 is 0 Å². The van der Waals surface area contributed by atoms with Crippen molar-refractivity contribution < 1.29 is 66.7 Å². The lowest BCUT2D eigenvalue weighted by molar-refractivity contribution is -0.103. The van der Waals surface area contributed by atoms with Gasteiger partial charge < -0.3 is 66.7 Å². The molecular formula is C45H92O14. The van der Waals surface area contributed by atoms with Crippen molar-refractivity contribution in [2.24, 2.45) is 0 Å². The minimum Gasteiger partial charge on any atom is -0.391 e. The molecule has 0 saturated carbocycles. The molecule has 0 radical (unpaired) electrons. The molecule has 6 unspecified atom stereocenters. The zero-order valence-electron chi connectivity index (χ0n) is 38.8. The summed E-state index contributed by atoms with van der Waals surface area (Å²) in [7, 11) is 0. The molecule has 0 aliphatic rings. The van der Waals surface area contributed by atoms with E-state index in [2.05, 4.69) is 6.92 Å². The van der Waals surface area contributed by atoms with Gasteiger partial charge in [-0.2, -0.15) is 0 Å². The quantitative estimate of drug-likeness (QED) is 0.0639. The molecule has 0 rings (SSSR count). The largest absolute Gasteiger partial charge is 0.391 e. The van der Waals surface area contributed by atoms with E-state index in [1.165, 1.54) is 64.2 Å². The average molecular weight is 857 g/mol. The Hall–Kier alpha value is -0.560. The van der Waals surface area contributed by atoms with Gasteiger partial charge in [0.05, 0.1) is 169 Å². The highest BCUT2D eigenvalue weighted by Gasteiger charge is 2.13. The van der Waals surface area contributed by atoms with Crippen LogP contribution in [-0.4, -0.2) is 180 Å². The fourth-order valence-corrected chi connectivity index (χ4v) is 5.40. The predicted octanol–water partition coefficient (Wildman–Crippen LogP) is 6.84. The standard InChI is InChI=1S/C45H92O14/c1-8-9-10-11-12-13-14-15-16-17-18-19-47-20-21-48-22-23-49-24-25-50-26-27-51-28-29-52-30-31-53-32-33-54-35-41(3)56-37-43(5)58-39-45(7)59-38-44(6)57-36-42(4)55-34-40(2)46/h40-46H,8-39H2,1-7H3. The summed E-state index contributed by atoms with van der Waals surface area (Å²) in [5.74, 6) is 0. The Kier molecular flexibility index (Phi) is 46.5. The number of hydrogen-bond acceptors (Lipinski definition) is 14. The van der Waals surface area contributed by atoms with Gasteiger partial charge in [-0.25, -0.2) is 0 Å². The Bertz CT molecular complexity index is 798. The van der Waals surface area contributed by atoms with Gasteiger partial charge in [0.1, 0.15) is 0 Å². The van der Waals surface area contributed by atoms with Gasteiger partial charge in [0.15, 0.2) is 0 Å². The van der Waals surface area contributed by atoms with Gasteiger partial charge in [-0.05, 0) is 48.0 Å². The van der Waals surface area contributed by atoms with Crippen molar-refractivity contribution in [1.82, 2.24) is 0 Å². The molecule has 0 aliphatic heterocycles. The molecular weight excluding hydrogens is 764 g/mol. The third-order valence-electron chi connectivity index (χ3n) is 8.93. The van der Waals surface area contributed by atoms with Gasteiger partial charge in [-0.3, -0.25) is 0 Å². The van der Waals surface area contributed by atoms with Crippen LogP contribution in [0.2, 0.25) is 0 Å². The normalized spacial score (nSPS) is 15.1. The van der Waals surface area contributed by atoms with Gasteiger partial charge in [0, 0.05) is 6.61 Å². The molecule has 356 valence electrons. The molecule has 6 atom stereocenters. The first kappa shape index (κ1) is 58.4. The molecule has 0 saturated heterocycles. The van der Waals surface area contributed by atoms with Gasteiger partial charge in [-0.1, -0.05) is 71.1 Å².